The monoisotopic (exact) mass is 433 g/mol. The molecule has 0 amide bonds. The summed E-state index contributed by atoms with van der Waals surface area (Å²) >= 11 is 0. The highest BCUT2D eigenvalue weighted by Crippen LogP contribution is 2.21. The minimum Gasteiger partial charge on any atom is -0.454 e. The maximum absolute atomic E-state index is 12.7. The summed E-state index contributed by atoms with van der Waals surface area (Å²) in [5.74, 6) is 0.949. The topological polar surface area (TPSA) is 105 Å². The van der Waals surface area contributed by atoms with Gasteiger partial charge in [0.05, 0.1) is 11.3 Å². The number of nitrogens with zero attached hydrogens (tertiary/aromatic N) is 5. The van der Waals surface area contributed by atoms with Gasteiger partial charge in [0.1, 0.15) is 5.76 Å². The van der Waals surface area contributed by atoms with Gasteiger partial charge in [-0.05, 0) is 58.9 Å². The fourth-order valence-corrected chi connectivity index (χ4v) is 3.64. The van der Waals surface area contributed by atoms with Crippen LogP contribution in [0.25, 0.3) is 11.6 Å². The van der Waals surface area contributed by atoms with Gasteiger partial charge in [0, 0.05) is 34.9 Å². The molecule has 0 bridgehead atoms. The minimum absolute atomic E-state index is 0.256. The average Bonchev–Trinajstić information content (AvgIpc) is 3.42. The SMILES string of the molecule is Cc1cc(C)n(-c2ccc(C(=O)OCC(=O)c3cc(C)n(-c4cc(C)on4)c3C)cn2)n1. The van der Waals surface area contributed by atoms with Crippen molar-refractivity contribution in [3.05, 3.63) is 76.2 Å². The van der Waals surface area contributed by atoms with E-state index in [-0.39, 0.29) is 18.0 Å². The van der Waals surface area contributed by atoms with Crippen LogP contribution in [0.15, 0.2) is 41.1 Å². The van der Waals surface area contributed by atoms with Crippen LogP contribution in [0.4, 0.5) is 0 Å². The summed E-state index contributed by atoms with van der Waals surface area (Å²) in [6, 6.07) is 8.77. The Hall–Kier alpha value is -4.01. The van der Waals surface area contributed by atoms with Crippen LogP contribution in [0.1, 0.15) is 49.3 Å². The van der Waals surface area contributed by atoms with E-state index in [0.717, 1.165) is 17.1 Å². The first-order valence-corrected chi connectivity index (χ1v) is 10.1. The van der Waals surface area contributed by atoms with E-state index >= 15 is 0 Å². The van der Waals surface area contributed by atoms with Gasteiger partial charge < -0.3 is 9.26 Å². The number of aromatic nitrogens is 5. The number of hydrogen-bond acceptors (Lipinski definition) is 7. The van der Waals surface area contributed by atoms with Crippen LogP contribution in [0.3, 0.4) is 0 Å². The van der Waals surface area contributed by atoms with Crippen molar-refractivity contribution in [3.8, 4) is 11.6 Å². The number of carbonyl (C=O) groups is 2. The number of carbonyl (C=O) groups excluding carboxylic acids is 2. The lowest BCUT2D eigenvalue weighted by molar-refractivity contribution is 0.0474. The molecule has 0 atom stereocenters. The summed E-state index contributed by atoms with van der Waals surface area (Å²) < 4.78 is 13.9. The van der Waals surface area contributed by atoms with E-state index in [1.165, 1.54) is 6.20 Å². The van der Waals surface area contributed by atoms with Crippen molar-refractivity contribution in [3.63, 3.8) is 0 Å². The molecule has 0 aliphatic heterocycles. The van der Waals surface area contributed by atoms with Crippen molar-refractivity contribution in [2.24, 2.45) is 0 Å². The summed E-state index contributed by atoms with van der Waals surface area (Å²) in [4.78, 5) is 29.4. The van der Waals surface area contributed by atoms with Crippen molar-refractivity contribution in [2.45, 2.75) is 34.6 Å². The second-order valence-electron chi connectivity index (χ2n) is 7.66. The predicted molar refractivity (Wildman–Crippen MR) is 115 cm³/mol. The van der Waals surface area contributed by atoms with Crippen LogP contribution in [-0.4, -0.2) is 42.8 Å². The Labute approximate surface area is 184 Å². The molecule has 0 saturated heterocycles. The number of ether oxygens (including phenoxy) is 1. The van der Waals surface area contributed by atoms with Crippen molar-refractivity contribution in [1.82, 2.24) is 24.5 Å². The third-order valence-corrected chi connectivity index (χ3v) is 5.12. The molecule has 0 spiro atoms. The normalized spacial score (nSPS) is 11.0. The first-order chi connectivity index (χ1) is 15.2. The second-order valence-corrected chi connectivity index (χ2v) is 7.66. The quantitative estimate of drug-likeness (QED) is 0.338. The van der Waals surface area contributed by atoms with Crippen molar-refractivity contribution in [2.75, 3.05) is 6.61 Å². The molecule has 4 aromatic heterocycles. The third kappa shape index (κ3) is 3.96. The molecule has 0 aliphatic rings. The molecule has 9 heteroatoms. The molecule has 0 aromatic carbocycles. The molecule has 0 saturated carbocycles. The second kappa shape index (κ2) is 8.26. The minimum atomic E-state index is -0.619. The molecule has 4 heterocycles. The zero-order valence-corrected chi connectivity index (χ0v) is 18.5. The van der Waals surface area contributed by atoms with Crippen LogP contribution in [0.2, 0.25) is 0 Å². The Morgan fingerprint density at radius 3 is 2.38 bits per heavy atom. The highest BCUT2D eigenvalue weighted by atomic mass is 16.5. The van der Waals surface area contributed by atoms with E-state index in [1.807, 2.05) is 38.3 Å². The van der Waals surface area contributed by atoms with E-state index in [2.05, 4.69) is 15.2 Å². The standard InChI is InChI=1S/C23H23N5O4/c1-13-8-15(3)28(25-13)21-7-6-18(11-24-21)23(30)31-12-20(29)19-9-14(2)27(17(19)5)22-10-16(4)32-26-22/h6-11H,12H2,1-5H3. The first-order valence-electron chi connectivity index (χ1n) is 10.1. The molecule has 0 radical (unpaired) electrons. The molecular formula is C23H23N5O4. The summed E-state index contributed by atoms with van der Waals surface area (Å²) in [5, 5.41) is 8.38. The van der Waals surface area contributed by atoms with Crippen LogP contribution < -0.4 is 0 Å². The lowest BCUT2D eigenvalue weighted by Gasteiger charge is -2.07. The van der Waals surface area contributed by atoms with Gasteiger partial charge in [-0.2, -0.15) is 5.10 Å². The van der Waals surface area contributed by atoms with E-state index < -0.39 is 5.97 Å². The van der Waals surface area contributed by atoms with Gasteiger partial charge in [-0.15, -0.1) is 0 Å². The fraction of sp³-hybridized carbons (Fsp3) is 0.261. The third-order valence-electron chi connectivity index (χ3n) is 5.12. The number of esters is 1. The van der Waals surface area contributed by atoms with Crippen LogP contribution in [0.5, 0.6) is 0 Å². The number of ketones is 1. The predicted octanol–water partition coefficient (Wildman–Crippen LogP) is 3.63. The molecule has 0 N–H and O–H groups in total. The number of pyridine rings is 1. The summed E-state index contributed by atoms with van der Waals surface area (Å²) in [5.41, 5.74) is 4.07. The number of Topliss-reactive ketones (excluding diaryl/α,β-unsaturated/α-hetero) is 1. The molecule has 4 rings (SSSR count). The van der Waals surface area contributed by atoms with Gasteiger partial charge in [-0.1, -0.05) is 5.16 Å². The summed E-state index contributed by atoms with van der Waals surface area (Å²) in [6.45, 7) is 8.94. The number of aryl methyl sites for hydroxylation is 4. The summed E-state index contributed by atoms with van der Waals surface area (Å²) in [6.07, 6.45) is 1.41. The Kier molecular flexibility index (Phi) is 5.48. The van der Waals surface area contributed by atoms with Crippen molar-refractivity contribution in [1.29, 1.82) is 0 Å². The number of hydrogen-bond donors (Lipinski definition) is 0. The van der Waals surface area contributed by atoms with Gasteiger partial charge in [0.25, 0.3) is 0 Å². The first kappa shape index (κ1) is 21.2. The van der Waals surface area contributed by atoms with Crippen LogP contribution >= 0.6 is 0 Å². The lowest BCUT2D eigenvalue weighted by Crippen LogP contribution is -2.15. The van der Waals surface area contributed by atoms with E-state index in [0.29, 0.717) is 28.7 Å². The molecule has 164 valence electrons. The van der Waals surface area contributed by atoms with Gasteiger partial charge in [-0.3, -0.25) is 9.36 Å². The smallest absolute Gasteiger partial charge is 0.340 e. The Morgan fingerprint density at radius 1 is 1.00 bits per heavy atom. The van der Waals surface area contributed by atoms with Gasteiger partial charge in [0.2, 0.25) is 5.78 Å². The average molecular weight is 433 g/mol. The maximum Gasteiger partial charge on any atom is 0.340 e. The van der Waals surface area contributed by atoms with Crippen LogP contribution in [-0.2, 0) is 4.74 Å². The van der Waals surface area contributed by atoms with E-state index in [4.69, 9.17) is 9.26 Å². The van der Waals surface area contributed by atoms with Crippen molar-refractivity contribution < 1.29 is 18.8 Å². The van der Waals surface area contributed by atoms with Gasteiger partial charge >= 0.3 is 5.97 Å². The molecule has 0 fully saturated rings. The molecule has 0 unspecified atom stereocenters. The van der Waals surface area contributed by atoms with Gasteiger partial charge in [0.15, 0.2) is 18.2 Å². The maximum atomic E-state index is 12.7. The Balaban J connectivity index is 1.44. The molecule has 32 heavy (non-hydrogen) atoms. The van der Waals surface area contributed by atoms with Gasteiger partial charge in [-0.25, -0.2) is 14.5 Å². The Morgan fingerprint density at radius 2 is 1.78 bits per heavy atom. The van der Waals surface area contributed by atoms with E-state index in [9.17, 15) is 9.59 Å². The summed E-state index contributed by atoms with van der Waals surface area (Å²) in [7, 11) is 0. The van der Waals surface area contributed by atoms with Crippen LogP contribution in [0, 0.1) is 34.6 Å². The highest BCUT2D eigenvalue weighted by Gasteiger charge is 2.20. The largest absolute Gasteiger partial charge is 0.454 e. The fourth-order valence-electron chi connectivity index (χ4n) is 3.64. The zero-order valence-electron chi connectivity index (χ0n) is 18.5. The molecule has 4 aromatic rings. The Bertz CT molecular complexity index is 1310. The zero-order chi connectivity index (χ0) is 23.0. The molecular weight excluding hydrogens is 410 g/mol. The van der Waals surface area contributed by atoms with Crippen molar-refractivity contribution >= 4 is 11.8 Å². The molecule has 0 aliphatic carbocycles. The lowest BCUT2D eigenvalue weighted by atomic mass is 10.1. The highest BCUT2D eigenvalue weighted by molar-refractivity contribution is 6.00. The molecule has 9 nitrogen and oxygen atoms in total. The van der Waals surface area contributed by atoms with E-state index in [1.54, 1.807) is 35.9 Å². The number of rotatable bonds is 6.